The van der Waals surface area contributed by atoms with E-state index in [4.69, 9.17) is 37.1 Å². The molecule has 0 spiro atoms. The molecule has 1 aromatic heterocycles. The minimum atomic E-state index is -0.253. The predicted octanol–water partition coefficient (Wildman–Crippen LogP) is 7.03. The van der Waals surface area contributed by atoms with E-state index in [1.54, 1.807) is 36.4 Å². The Labute approximate surface area is 183 Å². The van der Waals surface area contributed by atoms with Crippen LogP contribution in [0.25, 0.3) is 11.0 Å². The van der Waals surface area contributed by atoms with Crippen LogP contribution in [0.15, 0.2) is 76.1 Å². The van der Waals surface area contributed by atoms with Gasteiger partial charge in [-0.25, -0.2) is 0 Å². The Balaban J connectivity index is 1.55. The fraction of sp³-hybridized carbons (Fsp3) is 0.125. The zero-order chi connectivity index (χ0) is 21.1. The van der Waals surface area contributed by atoms with Crippen molar-refractivity contribution in [3.8, 4) is 17.2 Å². The first-order valence-corrected chi connectivity index (χ1v) is 10.2. The predicted molar refractivity (Wildman–Crippen MR) is 119 cm³/mol. The van der Waals surface area contributed by atoms with E-state index in [-0.39, 0.29) is 17.8 Å². The van der Waals surface area contributed by atoms with Crippen molar-refractivity contribution in [1.82, 2.24) is 0 Å². The summed E-state index contributed by atoms with van der Waals surface area (Å²) in [6, 6.07) is 17.9. The molecule has 4 aromatic rings. The lowest BCUT2D eigenvalue weighted by atomic mass is 10.2. The quantitative estimate of drug-likeness (QED) is 0.322. The number of halogens is 2. The minimum Gasteiger partial charge on any atom is -0.489 e. The maximum atomic E-state index is 12.8. The fourth-order valence-corrected chi connectivity index (χ4v) is 3.50. The maximum absolute atomic E-state index is 12.8. The third-order valence-corrected chi connectivity index (χ3v) is 5.43. The lowest BCUT2D eigenvalue weighted by Gasteiger charge is -2.10. The molecule has 0 aliphatic carbocycles. The Morgan fingerprint density at radius 3 is 2.33 bits per heavy atom. The van der Waals surface area contributed by atoms with Gasteiger partial charge in [-0.15, -0.1) is 0 Å². The Morgan fingerprint density at radius 1 is 0.933 bits per heavy atom. The summed E-state index contributed by atoms with van der Waals surface area (Å²) in [6.07, 6.45) is 2.25. The van der Waals surface area contributed by atoms with Gasteiger partial charge in [0.2, 0.25) is 11.2 Å². The van der Waals surface area contributed by atoms with Crippen LogP contribution < -0.4 is 14.9 Å². The van der Waals surface area contributed by atoms with Crippen molar-refractivity contribution >= 4 is 34.2 Å². The molecule has 152 valence electrons. The summed E-state index contributed by atoms with van der Waals surface area (Å²) in [6.45, 7) is 2.28. The number of benzene rings is 3. The average Bonchev–Trinajstić information content (AvgIpc) is 2.76. The molecule has 0 N–H and O–H groups in total. The number of hydrogen-bond acceptors (Lipinski definition) is 4. The highest BCUT2D eigenvalue weighted by atomic mass is 35.5. The van der Waals surface area contributed by atoms with E-state index in [1.807, 2.05) is 24.3 Å². The third-order valence-electron chi connectivity index (χ3n) is 4.72. The van der Waals surface area contributed by atoms with E-state index < -0.39 is 0 Å². The van der Waals surface area contributed by atoms with Crippen LogP contribution in [0.2, 0.25) is 10.0 Å². The topological polar surface area (TPSA) is 48.7 Å². The van der Waals surface area contributed by atoms with Crippen molar-refractivity contribution in [3.05, 3.63) is 98.3 Å². The molecule has 3 aromatic carbocycles. The second kappa shape index (κ2) is 8.82. The molecule has 0 bridgehead atoms. The van der Waals surface area contributed by atoms with Crippen LogP contribution in [0.3, 0.4) is 0 Å². The van der Waals surface area contributed by atoms with Crippen LogP contribution in [0, 0.1) is 0 Å². The Kier molecular flexibility index (Phi) is 5.98. The summed E-state index contributed by atoms with van der Waals surface area (Å²) < 4.78 is 17.1. The second-order valence-corrected chi connectivity index (χ2v) is 7.49. The summed E-state index contributed by atoms with van der Waals surface area (Å²) in [5, 5.41) is 1.47. The van der Waals surface area contributed by atoms with Crippen molar-refractivity contribution in [2.75, 3.05) is 0 Å². The number of hydrogen-bond donors (Lipinski definition) is 0. The van der Waals surface area contributed by atoms with Crippen molar-refractivity contribution in [3.63, 3.8) is 0 Å². The Morgan fingerprint density at radius 2 is 1.63 bits per heavy atom. The first-order chi connectivity index (χ1) is 14.5. The molecule has 0 radical (unpaired) electrons. The van der Waals surface area contributed by atoms with Crippen molar-refractivity contribution in [2.24, 2.45) is 0 Å². The molecule has 0 aliphatic heterocycles. The number of rotatable bonds is 6. The summed E-state index contributed by atoms with van der Waals surface area (Å²) in [5.41, 5.74) is 2.03. The van der Waals surface area contributed by atoms with Gasteiger partial charge in [0.25, 0.3) is 0 Å². The largest absolute Gasteiger partial charge is 0.489 e. The molecule has 4 nitrogen and oxygen atoms in total. The Hall–Kier alpha value is -2.95. The molecule has 0 saturated carbocycles. The summed E-state index contributed by atoms with van der Waals surface area (Å²) in [7, 11) is 0. The molecule has 4 rings (SSSR count). The molecule has 1 heterocycles. The van der Waals surface area contributed by atoms with Crippen molar-refractivity contribution in [1.29, 1.82) is 0 Å². The number of ether oxygens (including phenoxy) is 2. The first kappa shape index (κ1) is 20.3. The molecule has 0 fully saturated rings. The van der Waals surface area contributed by atoms with Gasteiger partial charge in [-0.1, -0.05) is 48.3 Å². The van der Waals surface area contributed by atoms with Crippen LogP contribution in [-0.2, 0) is 13.0 Å². The SMILES string of the molecule is CCc1ccc(Oc2coc3cc(OCc4c(Cl)cccc4Cl)ccc3c2=O)cc1. The minimum absolute atomic E-state index is 0.128. The van der Waals surface area contributed by atoms with Gasteiger partial charge in [0, 0.05) is 21.7 Å². The number of aryl methyl sites for hydroxylation is 1. The van der Waals surface area contributed by atoms with Gasteiger partial charge in [-0.3, -0.25) is 4.79 Å². The van der Waals surface area contributed by atoms with Gasteiger partial charge in [0.1, 0.15) is 30.0 Å². The van der Waals surface area contributed by atoms with Crippen molar-refractivity contribution < 1.29 is 13.9 Å². The molecule has 0 atom stereocenters. The first-order valence-electron chi connectivity index (χ1n) is 9.43. The zero-order valence-electron chi connectivity index (χ0n) is 16.2. The van der Waals surface area contributed by atoms with E-state index in [1.165, 1.54) is 11.8 Å². The van der Waals surface area contributed by atoms with Crippen LogP contribution in [-0.4, -0.2) is 0 Å². The highest BCUT2D eigenvalue weighted by Crippen LogP contribution is 2.28. The molecule has 0 amide bonds. The molecular formula is C24H18Cl2O4. The van der Waals surface area contributed by atoms with Gasteiger partial charge >= 0.3 is 0 Å². The molecule has 0 aliphatic rings. The summed E-state index contributed by atoms with van der Waals surface area (Å²) >= 11 is 12.3. The van der Waals surface area contributed by atoms with E-state index in [2.05, 4.69) is 6.92 Å². The molecular weight excluding hydrogens is 423 g/mol. The highest BCUT2D eigenvalue weighted by Gasteiger charge is 2.11. The van der Waals surface area contributed by atoms with Crippen LogP contribution >= 0.6 is 23.2 Å². The van der Waals surface area contributed by atoms with E-state index in [0.717, 1.165) is 6.42 Å². The Bertz CT molecular complexity index is 1230. The van der Waals surface area contributed by atoms with E-state index >= 15 is 0 Å². The number of fused-ring (bicyclic) bond motifs is 1. The third kappa shape index (κ3) is 4.30. The van der Waals surface area contributed by atoms with Gasteiger partial charge in [0.15, 0.2) is 0 Å². The van der Waals surface area contributed by atoms with Crippen molar-refractivity contribution in [2.45, 2.75) is 20.0 Å². The standard InChI is InChI=1S/C24H18Cl2O4/c1-2-15-6-8-16(9-7-15)30-23-14-29-22-12-17(10-11-18(22)24(23)27)28-13-19-20(25)4-3-5-21(19)26/h3-12,14H,2,13H2,1H3. The smallest absolute Gasteiger partial charge is 0.235 e. The van der Waals surface area contributed by atoms with Gasteiger partial charge < -0.3 is 13.9 Å². The van der Waals surface area contributed by atoms with E-state index in [9.17, 15) is 4.79 Å². The highest BCUT2D eigenvalue weighted by molar-refractivity contribution is 6.35. The van der Waals surface area contributed by atoms with Gasteiger partial charge in [-0.05, 0) is 48.4 Å². The van der Waals surface area contributed by atoms with Gasteiger partial charge in [-0.2, -0.15) is 0 Å². The van der Waals surface area contributed by atoms with Crippen LogP contribution in [0.4, 0.5) is 0 Å². The monoisotopic (exact) mass is 440 g/mol. The maximum Gasteiger partial charge on any atom is 0.235 e. The summed E-state index contributed by atoms with van der Waals surface area (Å²) in [5.74, 6) is 1.24. The molecule has 30 heavy (non-hydrogen) atoms. The second-order valence-electron chi connectivity index (χ2n) is 6.68. The molecule has 6 heteroatoms. The van der Waals surface area contributed by atoms with Crippen LogP contribution in [0.1, 0.15) is 18.1 Å². The fourth-order valence-electron chi connectivity index (χ4n) is 3.00. The van der Waals surface area contributed by atoms with E-state index in [0.29, 0.717) is 38.1 Å². The molecule has 0 unspecified atom stereocenters. The molecule has 0 saturated heterocycles. The van der Waals surface area contributed by atoms with Crippen LogP contribution in [0.5, 0.6) is 17.2 Å². The summed E-state index contributed by atoms with van der Waals surface area (Å²) in [4.78, 5) is 12.8. The zero-order valence-corrected chi connectivity index (χ0v) is 17.7. The lowest BCUT2D eigenvalue weighted by Crippen LogP contribution is -2.05. The average molecular weight is 441 g/mol. The van der Waals surface area contributed by atoms with Gasteiger partial charge in [0.05, 0.1) is 5.39 Å². The lowest BCUT2D eigenvalue weighted by molar-refractivity contribution is 0.306. The normalized spacial score (nSPS) is 10.9.